The number of aryl methyl sites for hydroxylation is 1. The molecule has 130 valence electrons. The number of amides is 1. The van der Waals surface area contributed by atoms with Gasteiger partial charge in [-0.1, -0.05) is 0 Å². The Bertz CT molecular complexity index is 1100. The van der Waals surface area contributed by atoms with Crippen LogP contribution in [0.25, 0.3) is 11.0 Å². The molecule has 0 unspecified atom stereocenters. The van der Waals surface area contributed by atoms with Gasteiger partial charge in [-0.25, -0.2) is 9.37 Å². The third-order valence-electron chi connectivity index (χ3n) is 3.79. The van der Waals surface area contributed by atoms with E-state index in [9.17, 15) is 9.18 Å². The predicted octanol–water partition coefficient (Wildman–Crippen LogP) is 5.12. The first-order chi connectivity index (χ1) is 12.6. The number of hydrogen-bond donors (Lipinski definition) is 2. The number of rotatable bonds is 4. The Morgan fingerprint density at radius 3 is 2.85 bits per heavy atom. The van der Waals surface area contributed by atoms with E-state index in [4.69, 9.17) is 4.74 Å². The summed E-state index contributed by atoms with van der Waals surface area (Å²) in [4.78, 5) is 20.9. The number of aromatic amines is 1. The standard InChI is InChI=1S/C19H14FN3O2S/c1-11-2-5-17(26-11)19(24)23-12-3-4-16(14(20)10-12)25-15-7-9-22-18-13(15)6-8-21-18/h2-10H,1H3,(H,21,22)(H,23,24). The fourth-order valence-corrected chi connectivity index (χ4v) is 3.32. The highest BCUT2D eigenvalue weighted by molar-refractivity contribution is 7.14. The van der Waals surface area contributed by atoms with Crippen LogP contribution in [0.5, 0.6) is 11.5 Å². The summed E-state index contributed by atoms with van der Waals surface area (Å²) in [5.74, 6) is -0.255. The third-order valence-corrected chi connectivity index (χ3v) is 4.79. The first kappa shape index (κ1) is 16.3. The van der Waals surface area contributed by atoms with Crippen molar-refractivity contribution in [3.05, 3.63) is 70.4 Å². The Labute approximate surface area is 152 Å². The monoisotopic (exact) mass is 367 g/mol. The topological polar surface area (TPSA) is 67.0 Å². The van der Waals surface area contributed by atoms with Crippen molar-refractivity contribution in [2.75, 3.05) is 5.32 Å². The summed E-state index contributed by atoms with van der Waals surface area (Å²) in [6, 6.07) is 11.4. The van der Waals surface area contributed by atoms with Crippen LogP contribution in [0.15, 0.2) is 54.9 Å². The molecule has 0 bridgehead atoms. The Kier molecular flexibility index (Phi) is 4.14. The molecule has 0 spiro atoms. The van der Waals surface area contributed by atoms with Crippen LogP contribution in [0.2, 0.25) is 0 Å². The first-order valence-electron chi connectivity index (χ1n) is 7.87. The molecule has 3 aromatic heterocycles. The number of halogens is 1. The number of carbonyl (C=O) groups is 1. The van der Waals surface area contributed by atoms with Crippen LogP contribution < -0.4 is 10.1 Å². The Balaban J connectivity index is 1.54. The maximum atomic E-state index is 14.4. The molecule has 0 saturated heterocycles. The van der Waals surface area contributed by atoms with Crippen molar-refractivity contribution in [3.63, 3.8) is 0 Å². The van der Waals surface area contributed by atoms with Crippen molar-refractivity contribution in [2.45, 2.75) is 6.92 Å². The lowest BCUT2D eigenvalue weighted by Crippen LogP contribution is -2.10. The SMILES string of the molecule is Cc1ccc(C(=O)Nc2ccc(Oc3ccnc4[nH]ccc34)c(F)c2)s1. The van der Waals surface area contributed by atoms with Crippen LogP contribution in [-0.4, -0.2) is 15.9 Å². The van der Waals surface area contributed by atoms with Crippen molar-refractivity contribution in [3.8, 4) is 11.5 Å². The van der Waals surface area contributed by atoms with Gasteiger partial charge in [0.25, 0.3) is 5.91 Å². The van der Waals surface area contributed by atoms with E-state index in [2.05, 4.69) is 15.3 Å². The highest BCUT2D eigenvalue weighted by atomic mass is 32.1. The summed E-state index contributed by atoms with van der Waals surface area (Å²) < 4.78 is 20.1. The molecule has 7 heteroatoms. The number of anilines is 1. The average Bonchev–Trinajstić information content (AvgIpc) is 3.26. The van der Waals surface area contributed by atoms with Gasteiger partial charge in [0.15, 0.2) is 11.6 Å². The highest BCUT2D eigenvalue weighted by Gasteiger charge is 2.12. The number of carbonyl (C=O) groups excluding carboxylic acids is 1. The number of benzene rings is 1. The molecule has 0 aliphatic rings. The second-order valence-corrected chi connectivity index (χ2v) is 6.95. The number of pyridine rings is 1. The summed E-state index contributed by atoms with van der Waals surface area (Å²) in [5.41, 5.74) is 1.03. The van der Waals surface area contributed by atoms with E-state index >= 15 is 0 Å². The first-order valence-corrected chi connectivity index (χ1v) is 8.69. The summed E-state index contributed by atoms with van der Waals surface area (Å²) in [7, 11) is 0. The van der Waals surface area contributed by atoms with Gasteiger partial charge in [0.05, 0.1) is 10.3 Å². The zero-order chi connectivity index (χ0) is 18.1. The zero-order valence-electron chi connectivity index (χ0n) is 13.7. The second-order valence-electron chi connectivity index (χ2n) is 5.66. The van der Waals surface area contributed by atoms with Crippen molar-refractivity contribution in [1.29, 1.82) is 0 Å². The normalized spacial score (nSPS) is 10.8. The lowest BCUT2D eigenvalue weighted by Gasteiger charge is -2.10. The van der Waals surface area contributed by atoms with Crippen LogP contribution >= 0.6 is 11.3 Å². The van der Waals surface area contributed by atoms with E-state index in [1.54, 1.807) is 30.6 Å². The van der Waals surface area contributed by atoms with Crippen LogP contribution in [0.4, 0.5) is 10.1 Å². The smallest absolute Gasteiger partial charge is 0.265 e. The molecule has 26 heavy (non-hydrogen) atoms. The van der Waals surface area contributed by atoms with E-state index < -0.39 is 5.82 Å². The lowest BCUT2D eigenvalue weighted by molar-refractivity contribution is 0.103. The number of H-pyrrole nitrogens is 1. The van der Waals surface area contributed by atoms with Gasteiger partial charge in [0.2, 0.25) is 0 Å². The fourth-order valence-electron chi connectivity index (χ4n) is 2.55. The van der Waals surface area contributed by atoms with E-state index in [1.807, 2.05) is 19.1 Å². The lowest BCUT2D eigenvalue weighted by atomic mass is 10.2. The minimum absolute atomic E-state index is 0.0728. The number of aromatic nitrogens is 2. The number of nitrogens with zero attached hydrogens (tertiary/aromatic N) is 1. The molecule has 4 rings (SSSR count). The average molecular weight is 367 g/mol. The van der Waals surface area contributed by atoms with E-state index in [0.29, 0.717) is 22.0 Å². The summed E-state index contributed by atoms with van der Waals surface area (Å²) in [6.45, 7) is 1.92. The molecule has 4 aromatic rings. The van der Waals surface area contributed by atoms with Gasteiger partial charge in [-0.3, -0.25) is 4.79 Å². The number of nitrogens with one attached hydrogen (secondary N) is 2. The molecule has 5 nitrogen and oxygen atoms in total. The Morgan fingerprint density at radius 2 is 2.08 bits per heavy atom. The minimum Gasteiger partial charge on any atom is -0.453 e. The van der Waals surface area contributed by atoms with Gasteiger partial charge >= 0.3 is 0 Å². The molecular weight excluding hydrogens is 353 g/mol. The third kappa shape index (κ3) is 3.16. The summed E-state index contributed by atoms with van der Waals surface area (Å²) >= 11 is 1.39. The van der Waals surface area contributed by atoms with Crippen LogP contribution in [-0.2, 0) is 0 Å². The van der Waals surface area contributed by atoms with Gasteiger partial charge in [0, 0.05) is 29.0 Å². The molecule has 0 fully saturated rings. The zero-order valence-corrected chi connectivity index (χ0v) is 14.6. The Morgan fingerprint density at radius 1 is 1.19 bits per heavy atom. The van der Waals surface area contributed by atoms with Gasteiger partial charge in [-0.15, -0.1) is 11.3 Å². The number of ether oxygens (including phenoxy) is 1. The van der Waals surface area contributed by atoms with Crippen molar-refractivity contribution < 1.29 is 13.9 Å². The molecular formula is C19H14FN3O2S. The van der Waals surface area contributed by atoms with Crippen molar-refractivity contribution >= 4 is 34.0 Å². The number of thiophene rings is 1. The maximum Gasteiger partial charge on any atom is 0.265 e. The van der Waals surface area contributed by atoms with Crippen molar-refractivity contribution in [1.82, 2.24) is 9.97 Å². The van der Waals surface area contributed by atoms with Crippen LogP contribution in [0.3, 0.4) is 0 Å². The van der Waals surface area contributed by atoms with E-state index in [-0.39, 0.29) is 11.7 Å². The Hall–Kier alpha value is -3.19. The number of fused-ring (bicyclic) bond motifs is 1. The van der Waals surface area contributed by atoms with E-state index in [0.717, 1.165) is 10.3 Å². The molecule has 0 radical (unpaired) electrons. The van der Waals surface area contributed by atoms with Crippen molar-refractivity contribution in [2.24, 2.45) is 0 Å². The summed E-state index contributed by atoms with van der Waals surface area (Å²) in [6.07, 6.45) is 3.33. The number of hydrogen-bond acceptors (Lipinski definition) is 4. The molecule has 3 heterocycles. The fraction of sp³-hybridized carbons (Fsp3) is 0.0526. The van der Waals surface area contributed by atoms with Gasteiger partial charge in [-0.2, -0.15) is 0 Å². The minimum atomic E-state index is -0.564. The quantitative estimate of drug-likeness (QED) is 0.526. The van der Waals surface area contributed by atoms with Crippen LogP contribution in [0.1, 0.15) is 14.5 Å². The molecule has 1 aromatic carbocycles. The van der Waals surface area contributed by atoms with Crippen LogP contribution in [0, 0.1) is 12.7 Å². The molecule has 0 aliphatic heterocycles. The van der Waals surface area contributed by atoms with Gasteiger partial charge in [0.1, 0.15) is 11.4 Å². The van der Waals surface area contributed by atoms with E-state index in [1.165, 1.54) is 23.5 Å². The van der Waals surface area contributed by atoms with Gasteiger partial charge < -0.3 is 15.0 Å². The molecule has 0 atom stereocenters. The van der Waals surface area contributed by atoms with Gasteiger partial charge in [-0.05, 0) is 43.3 Å². The summed E-state index contributed by atoms with van der Waals surface area (Å²) in [5, 5.41) is 3.45. The predicted molar refractivity (Wildman–Crippen MR) is 99.6 cm³/mol. The molecule has 1 amide bonds. The molecule has 0 saturated carbocycles. The molecule has 0 aliphatic carbocycles. The highest BCUT2D eigenvalue weighted by Crippen LogP contribution is 2.31. The second kappa shape index (κ2) is 6.61. The molecule has 2 N–H and O–H groups in total. The maximum absolute atomic E-state index is 14.4. The largest absolute Gasteiger partial charge is 0.453 e.